The molecule has 1 aromatic heterocycles. The molecule has 0 bridgehead atoms. The van der Waals surface area contributed by atoms with Crippen molar-refractivity contribution in [2.24, 2.45) is 0 Å². The van der Waals surface area contributed by atoms with Crippen LogP contribution in [0, 0.1) is 0 Å². The first-order valence-electron chi connectivity index (χ1n) is 5.52. The van der Waals surface area contributed by atoms with Crippen molar-refractivity contribution in [2.75, 3.05) is 0 Å². The first-order chi connectivity index (χ1) is 7.67. The normalized spacial score (nSPS) is 10.9. The van der Waals surface area contributed by atoms with Gasteiger partial charge in [0.2, 0.25) is 0 Å². The van der Waals surface area contributed by atoms with Gasteiger partial charge >= 0.3 is 5.97 Å². The third kappa shape index (κ3) is 1.58. The summed E-state index contributed by atoms with van der Waals surface area (Å²) in [6, 6.07) is 5.81. The van der Waals surface area contributed by atoms with E-state index in [1.807, 2.05) is 30.7 Å². The highest BCUT2D eigenvalue weighted by atomic mass is 16.4. The van der Waals surface area contributed by atoms with Crippen molar-refractivity contribution in [3.05, 3.63) is 35.5 Å². The van der Waals surface area contributed by atoms with Crippen LogP contribution in [0.15, 0.2) is 24.4 Å². The van der Waals surface area contributed by atoms with E-state index in [-0.39, 0.29) is 0 Å². The van der Waals surface area contributed by atoms with E-state index in [0.717, 1.165) is 29.4 Å². The van der Waals surface area contributed by atoms with Gasteiger partial charge in [0, 0.05) is 18.1 Å². The number of fused-ring (bicyclic) bond motifs is 1. The summed E-state index contributed by atoms with van der Waals surface area (Å²) in [5.41, 5.74) is 2.30. The van der Waals surface area contributed by atoms with Crippen molar-refractivity contribution < 1.29 is 9.90 Å². The molecule has 0 saturated heterocycles. The Bertz CT molecular complexity index is 540. The molecule has 0 aliphatic carbocycles. The van der Waals surface area contributed by atoms with Crippen LogP contribution >= 0.6 is 0 Å². The van der Waals surface area contributed by atoms with Gasteiger partial charge in [-0.05, 0) is 37.1 Å². The Labute approximate surface area is 94.3 Å². The summed E-state index contributed by atoms with van der Waals surface area (Å²) in [4.78, 5) is 11.2. The molecule has 0 spiro atoms. The van der Waals surface area contributed by atoms with E-state index in [1.54, 1.807) is 6.07 Å². The number of carboxylic acid groups (broad SMARTS) is 1. The minimum atomic E-state index is -0.853. The maximum absolute atomic E-state index is 11.2. The summed E-state index contributed by atoms with van der Waals surface area (Å²) in [5, 5.41) is 10.2. The van der Waals surface area contributed by atoms with Crippen molar-refractivity contribution in [3.63, 3.8) is 0 Å². The van der Waals surface area contributed by atoms with E-state index in [0.29, 0.717) is 5.56 Å². The maximum atomic E-state index is 11.2. The fourth-order valence-electron chi connectivity index (χ4n) is 2.04. The van der Waals surface area contributed by atoms with Gasteiger partial charge in [-0.25, -0.2) is 4.79 Å². The first kappa shape index (κ1) is 10.7. The molecule has 1 heterocycles. The number of aromatic carboxylic acids is 1. The van der Waals surface area contributed by atoms with Crippen LogP contribution in [0.4, 0.5) is 0 Å². The topological polar surface area (TPSA) is 42.2 Å². The number of aryl methyl sites for hydroxylation is 2. The molecule has 3 nitrogen and oxygen atoms in total. The van der Waals surface area contributed by atoms with Crippen LogP contribution in [0.2, 0.25) is 0 Å². The second kappa shape index (κ2) is 4.00. The Hall–Kier alpha value is -1.77. The van der Waals surface area contributed by atoms with Crippen LogP contribution in [0.25, 0.3) is 10.9 Å². The van der Waals surface area contributed by atoms with E-state index in [2.05, 4.69) is 6.07 Å². The summed E-state index contributed by atoms with van der Waals surface area (Å²) < 4.78 is 1.97. The van der Waals surface area contributed by atoms with Gasteiger partial charge in [0.1, 0.15) is 0 Å². The molecule has 1 N–H and O–H groups in total. The van der Waals surface area contributed by atoms with Gasteiger partial charge in [0.05, 0.1) is 11.1 Å². The van der Waals surface area contributed by atoms with Gasteiger partial charge in [-0.2, -0.15) is 0 Å². The molecular weight excluding hydrogens is 202 g/mol. The third-order valence-corrected chi connectivity index (χ3v) is 2.90. The van der Waals surface area contributed by atoms with E-state index >= 15 is 0 Å². The van der Waals surface area contributed by atoms with Crippen molar-refractivity contribution in [3.8, 4) is 0 Å². The molecule has 2 rings (SSSR count). The Morgan fingerprint density at radius 3 is 2.69 bits per heavy atom. The standard InChI is InChI=1S/C13H15NO2/c1-3-9-7-10-5-6-14(4-2)12(10)11(8-9)13(15)16/h5-8H,3-4H2,1-2H3,(H,15,16). The third-order valence-electron chi connectivity index (χ3n) is 2.90. The van der Waals surface area contributed by atoms with Crippen LogP contribution in [-0.4, -0.2) is 15.6 Å². The Morgan fingerprint density at radius 1 is 1.38 bits per heavy atom. The summed E-state index contributed by atoms with van der Waals surface area (Å²) in [5.74, 6) is -0.853. The monoisotopic (exact) mass is 217 g/mol. The molecule has 84 valence electrons. The number of carboxylic acids is 1. The van der Waals surface area contributed by atoms with Gasteiger partial charge in [0.25, 0.3) is 0 Å². The zero-order valence-corrected chi connectivity index (χ0v) is 9.53. The molecule has 1 aromatic carbocycles. The summed E-state index contributed by atoms with van der Waals surface area (Å²) in [6.07, 6.45) is 2.80. The minimum Gasteiger partial charge on any atom is -0.478 e. The highest BCUT2D eigenvalue weighted by Crippen LogP contribution is 2.23. The second-order valence-corrected chi connectivity index (χ2v) is 3.84. The number of carbonyl (C=O) groups is 1. The van der Waals surface area contributed by atoms with Crippen LogP contribution < -0.4 is 0 Å². The molecule has 0 fully saturated rings. The average Bonchev–Trinajstić information content (AvgIpc) is 2.70. The quantitative estimate of drug-likeness (QED) is 0.858. The molecule has 2 aromatic rings. The molecule has 0 atom stereocenters. The number of aromatic nitrogens is 1. The lowest BCUT2D eigenvalue weighted by Crippen LogP contribution is -2.03. The van der Waals surface area contributed by atoms with E-state index in [9.17, 15) is 9.90 Å². The van der Waals surface area contributed by atoms with Crippen LogP contribution in [0.1, 0.15) is 29.8 Å². The number of hydrogen-bond acceptors (Lipinski definition) is 1. The lowest BCUT2D eigenvalue weighted by atomic mass is 10.0. The van der Waals surface area contributed by atoms with Crippen LogP contribution in [0.3, 0.4) is 0 Å². The SMILES string of the molecule is CCc1cc(C(=O)O)c2c(ccn2CC)c1. The Kier molecular flexibility index (Phi) is 2.69. The van der Waals surface area contributed by atoms with Gasteiger partial charge in [-0.1, -0.05) is 6.92 Å². The number of nitrogens with zero attached hydrogens (tertiary/aromatic N) is 1. The smallest absolute Gasteiger partial charge is 0.337 e. The highest BCUT2D eigenvalue weighted by molar-refractivity contribution is 6.02. The lowest BCUT2D eigenvalue weighted by Gasteiger charge is -2.06. The Morgan fingerprint density at radius 2 is 2.12 bits per heavy atom. The summed E-state index contributed by atoms with van der Waals surface area (Å²) in [7, 11) is 0. The molecule has 0 aliphatic heterocycles. The number of benzene rings is 1. The number of hydrogen-bond donors (Lipinski definition) is 1. The highest BCUT2D eigenvalue weighted by Gasteiger charge is 2.13. The fraction of sp³-hybridized carbons (Fsp3) is 0.308. The second-order valence-electron chi connectivity index (χ2n) is 3.84. The van der Waals surface area contributed by atoms with Gasteiger partial charge in [-0.15, -0.1) is 0 Å². The largest absolute Gasteiger partial charge is 0.478 e. The van der Waals surface area contributed by atoms with Gasteiger partial charge in [-0.3, -0.25) is 0 Å². The maximum Gasteiger partial charge on any atom is 0.337 e. The molecule has 0 saturated carbocycles. The summed E-state index contributed by atoms with van der Waals surface area (Å²) >= 11 is 0. The van der Waals surface area contributed by atoms with Gasteiger partial charge < -0.3 is 9.67 Å². The predicted octanol–water partition coefficient (Wildman–Crippen LogP) is 2.92. The summed E-state index contributed by atoms with van der Waals surface area (Å²) in [6.45, 7) is 4.83. The van der Waals surface area contributed by atoms with E-state index < -0.39 is 5.97 Å². The molecule has 3 heteroatoms. The molecule has 16 heavy (non-hydrogen) atoms. The van der Waals surface area contributed by atoms with E-state index in [1.165, 1.54) is 0 Å². The van der Waals surface area contributed by atoms with Gasteiger partial charge in [0.15, 0.2) is 0 Å². The van der Waals surface area contributed by atoms with Crippen molar-refractivity contribution in [1.82, 2.24) is 4.57 Å². The molecular formula is C13H15NO2. The first-order valence-corrected chi connectivity index (χ1v) is 5.52. The minimum absolute atomic E-state index is 0.404. The van der Waals surface area contributed by atoms with Crippen molar-refractivity contribution in [2.45, 2.75) is 26.8 Å². The Balaban J connectivity index is 2.80. The van der Waals surface area contributed by atoms with Crippen LogP contribution in [-0.2, 0) is 13.0 Å². The average molecular weight is 217 g/mol. The lowest BCUT2D eigenvalue weighted by molar-refractivity contribution is 0.0698. The fourth-order valence-corrected chi connectivity index (χ4v) is 2.04. The molecule has 0 amide bonds. The number of rotatable bonds is 3. The predicted molar refractivity (Wildman–Crippen MR) is 63.9 cm³/mol. The van der Waals surface area contributed by atoms with E-state index in [4.69, 9.17) is 0 Å². The zero-order valence-electron chi connectivity index (χ0n) is 9.53. The van der Waals surface area contributed by atoms with Crippen molar-refractivity contribution >= 4 is 16.9 Å². The van der Waals surface area contributed by atoms with Crippen molar-refractivity contribution in [1.29, 1.82) is 0 Å². The molecule has 0 aliphatic rings. The molecule has 0 unspecified atom stereocenters. The zero-order chi connectivity index (χ0) is 11.7. The molecule has 0 radical (unpaired) electrons. The van der Waals surface area contributed by atoms with Crippen LogP contribution in [0.5, 0.6) is 0 Å².